The summed E-state index contributed by atoms with van der Waals surface area (Å²) in [6, 6.07) is 6.53. The van der Waals surface area contributed by atoms with Gasteiger partial charge in [0, 0.05) is 69.8 Å². The first-order chi connectivity index (χ1) is 19.4. The number of hydrogen-bond acceptors (Lipinski definition) is 6. The maximum Gasteiger partial charge on any atom is 0.254 e. The van der Waals surface area contributed by atoms with Crippen molar-refractivity contribution in [2.45, 2.75) is 18.8 Å². The zero-order chi connectivity index (χ0) is 27.8. The summed E-state index contributed by atoms with van der Waals surface area (Å²) in [6.45, 7) is 8.27. The molecule has 9 nitrogen and oxygen atoms in total. The van der Waals surface area contributed by atoms with Gasteiger partial charge in [-0.25, -0.2) is 13.8 Å². The van der Waals surface area contributed by atoms with Crippen LogP contribution in [-0.4, -0.2) is 89.6 Å². The number of halogens is 2. The van der Waals surface area contributed by atoms with Crippen molar-refractivity contribution in [3.8, 4) is 11.3 Å². The van der Waals surface area contributed by atoms with Gasteiger partial charge in [-0.15, -0.1) is 0 Å². The highest BCUT2D eigenvalue weighted by Crippen LogP contribution is 2.34. The third-order valence-electron chi connectivity index (χ3n) is 7.57. The molecule has 5 heterocycles. The van der Waals surface area contributed by atoms with Gasteiger partial charge in [-0.2, -0.15) is 0 Å². The largest absolute Gasteiger partial charge is 0.373 e. The number of alkyl halides is 1. The number of ether oxygens (including phenoxy) is 1. The fourth-order valence-corrected chi connectivity index (χ4v) is 5.47. The predicted octanol–water partition coefficient (Wildman–Crippen LogP) is 3.25. The van der Waals surface area contributed by atoms with E-state index in [1.54, 1.807) is 23.8 Å². The number of likely N-dealkylation sites (tertiary alicyclic amines) is 1. The van der Waals surface area contributed by atoms with Crippen LogP contribution >= 0.6 is 0 Å². The molecule has 2 N–H and O–H groups in total. The van der Waals surface area contributed by atoms with Gasteiger partial charge >= 0.3 is 0 Å². The average Bonchev–Trinajstić information content (AvgIpc) is 3.54. The molecule has 1 atom stereocenters. The van der Waals surface area contributed by atoms with Crippen molar-refractivity contribution < 1.29 is 18.3 Å². The Morgan fingerprint density at radius 3 is 2.95 bits per heavy atom. The maximum absolute atomic E-state index is 13.7. The second-order valence-corrected chi connectivity index (χ2v) is 10.2. The maximum atomic E-state index is 13.7. The topological polar surface area (TPSA) is 86.5 Å². The fourth-order valence-electron chi connectivity index (χ4n) is 5.47. The van der Waals surface area contributed by atoms with Crippen molar-refractivity contribution >= 4 is 23.1 Å². The Bertz CT molecular complexity index is 1530. The van der Waals surface area contributed by atoms with Crippen LogP contribution in [0.5, 0.6) is 0 Å². The molecule has 0 saturated carbocycles. The second-order valence-electron chi connectivity index (χ2n) is 10.2. The molecule has 1 aromatic carbocycles. The van der Waals surface area contributed by atoms with E-state index in [1.807, 2.05) is 24.3 Å². The van der Waals surface area contributed by atoms with E-state index in [-0.39, 0.29) is 17.8 Å². The number of hydrogen-bond donors (Lipinski definition) is 2. The van der Waals surface area contributed by atoms with E-state index in [2.05, 4.69) is 37.0 Å². The number of nitrogens with zero attached hydrogens (tertiary/aromatic N) is 5. The van der Waals surface area contributed by atoms with E-state index in [4.69, 9.17) is 4.74 Å². The van der Waals surface area contributed by atoms with Crippen LogP contribution in [0.2, 0.25) is 0 Å². The summed E-state index contributed by atoms with van der Waals surface area (Å²) in [5.74, 6) is 0.0360. The molecule has 0 radical (unpaired) electrons. The van der Waals surface area contributed by atoms with Crippen LogP contribution in [0.3, 0.4) is 0 Å². The van der Waals surface area contributed by atoms with Gasteiger partial charge in [0.25, 0.3) is 5.91 Å². The molecular weight excluding hydrogens is 516 g/mol. The quantitative estimate of drug-likeness (QED) is 0.268. The Hall–Kier alpha value is -4.09. The minimum atomic E-state index is -0.725. The number of carbonyl (C=O) groups excluding carboxylic acids is 1. The Balaban J connectivity index is 1.17. The molecule has 40 heavy (non-hydrogen) atoms. The van der Waals surface area contributed by atoms with Crippen LogP contribution < -0.4 is 10.6 Å². The smallest absolute Gasteiger partial charge is 0.254 e. The predicted molar refractivity (Wildman–Crippen MR) is 150 cm³/mol. The van der Waals surface area contributed by atoms with E-state index >= 15 is 0 Å². The Morgan fingerprint density at radius 1 is 1.30 bits per heavy atom. The van der Waals surface area contributed by atoms with Gasteiger partial charge in [0.1, 0.15) is 23.5 Å². The number of anilines is 1. The summed E-state index contributed by atoms with van der Waals surface area (Å²) in [6.07, 6.45) is 6.34. The molecule has 0 unspecified atom stereocenters. The van der Waals surface area contributed by atoms with Crippen LogP contribution in [0, 0.1) is 5.82 Å². The van der Waals surface area contributed by atoms with Gasteiger partial charge in [0.15, 0.2) is 0 Å². The van der Waals surface area contributed by atoms with Crippen molar-refractivity contribution in [1.29, 1.82) is 0 Å². The van der Waals surface area contributed by atoms with Crippen LogP contribution in [0.15, 0.2) is 66.1 Å². The molecular formula is C29H31F2N7O2. The summed E-state index contributed by atoms with van der Waals surface area (Å²) in [4.78, 5) is 25.8. The monoisotopic (exact) mass is 547 g/mol. The van der Waals surface area contributed by atoms with Crippen molar-refractivity contribution in [2.24, 2.45) is 4.99 Å². The highest BCUT2D eigenvalue weighted by atomic mass is 19.1. The first-order valence-electron chi connectivity index (χ1n) is 13.3. The fraction of sp³-hybridized carbons (Fsp3) is 0.345. The second kappa shape index (κ2) is 10.8. The molecule has 3 aliphatic rings. The van der Waals surface area contributed by atoms with Gasteiger partial charge in [0.2, 0.25) is 0 Å². The first kappa shape index (κ1) is 26.1. The van der Waals surface area contributed by atoms with Gasteiger partial charge in [-0.05, 0) is 29.8 Å². The van der Waals surface area contributed by atoms with E-state index < -0.39 is 6.17 Å². The van der Waals surface area contributed by atoms with Crippen molar-refractivity contribution in [1.82, 2.24) is 24.5 Å². The number of allylic oxidation sites excluding steroid dienone is 1. The van der Waals surface area contributed by atoms with Crippen molar-refractivity contribution in [2.75, 3.05) is 51.7 Å². The van der Waals surface area contributed by atoms with Crippen molar-refractivity contribution in [3.63, 3.8) is 0 Å². The number of pyridine rings is 1. The Morgan fingerprint density at radius 2 is 2.15 bits per heavy atom. The molecule has 3 aliphatic heterocycles. The van der Waals surface area contributed by atoms with E-state index in [9.17, 15) is 13.6 Å². The number of amides is 1. The molecule has 2 fully saturated rings. The molecule has 11 heteroatoms. The number of carbonyl (C=O) groups is 1. The molecule has 2 aromatic heterocycles. The highest BCUT2D eigenvalue weighted by molar-refractivity contribution is 6.11. The van der Waals surface area contributed by atoms with E-state index in [0.29, 0.717) is 62.1 Å². The SMILES string of the molecule is C=C(/C=C\C(=N/C)Nc1ccc(-c2cnc3cc(F)ccn23)c2c1C(=O)NC2)N1CCO[C@H](CN2CC(F)C2)C1. The molecule has 3 aromatic rings. The average molecular weight is 548 g/mol. The molecule has 1 amide bonds. The van der Waals surface area contributed by atoms with Crippen LogP contribution in [0.1, 0.15) is 15.9 Å². The molecule has 6 rings (SSSR count). The lowest BCUT2D eigenvalue weighted by molar-refractivity contribution is -0.0533. The number of fused-ring (bicyclic) bond motifs is 2. The molecule has 0 spiro atoms. The van der Waals surface area contributed by atoms with Gasteiger partial charge in [0.05, 0.1) is 35.9 Å². The lowest BCUT2D eigenvalue weighted by Crippen LogP contribution is -2.54. The number of aromatic nitrogens is 2. The lowest BCUT2D eigenvalue weighted by Gasteiger charge is -2.40. The molecule has 0 bridgehead atoms. The summed E-state index contributed by atoms with van der Waals surface area (Å²) in [5, 5.41) is 6.21. The normalized spacial score (nSPS) is 20.2. The Kier molecular flexibility index (Phi) is 7.07. The van der Waals surface area contributed by atoms with Gasteiger partial charge < -0.3 is 20.3 Å². The number of imidazole rings is 1. The van der Waals surface area contributed by atoms with E-state index in [1.165, 1.54) is 12.1 Å². The van der Waals surface area contributed by atoms with Crippen LogP contribution in [0.25, 0.3) is 16.9 Å². The summed E-state index contributed by atoms with van der Waals surface area (Å²) in [7, 11) is 1.68. The minimum Gasteiger partial charge on any atom is -0.373 e. The van der Waals surface area contributed by atoms with Gasteiger partial charge in [-0.1, -0.05) is 12.6 Å². The minimum absolute atomic E-state index is 0.00962. The highest BCUT2D eigenvalue weighted by Gasteiger charge is 2.31. The molecule has 0 aliphatic carbocycles. The van der Waals surface area contributed by atoms with Crippen molar-refractivity contribution in [3.05, 3.63) is 78.0 Å². The number of benzene rings is 1. The van der Waals surface area contributed by atoms with Crippen LogP contribution in [0.4, 0.5) is 14.5 Å². The summed E-state index contributed by atoms with van der Waals surface area (Å²) < 4.78 is 34.5. The van der Waals surface area contributed by atoms with Crippen LogP contribution in [-0.2, 0) is 11.3 Å². The molecule has 208 valence electrons. The Labute approximate surface area is 230 Å². The van der Waals surface area contributed by atoms with Gasteiger partial charge in [-0.3, -0.25) is 19.1 Å². The number of aliphatic imine (C=N–C) groups is 1. The third kappa shape index (κ3) is 5.09. The first-order valence-corrected chi connectivity index (χ1v) is 13.3. The summed E-state index contributed by atoms with van der Waals surface area (Å²) in [5.41, 5.74) is 4.96. The third-order valence-corrected chi connectivity index (χ3v) is 7.57. The summed E-state index contributed by atoms with van der Waals surface area (Å²) >= 11 is 0. The van der Waals surface area contributed by atoms with E-state index in [0.717, 1.165) is 29.1 Å². The number of amidine groups is 1. The zero-order valence-electron chi connectivity index (χ0n) is 22.2. The standard InChI is InChI=1S/C29H31F2N7O2/c1-18(37-9-10-40-21(17-37)16-36-14-20(31)15-36)3-6-26(32-2)35-24-5-4-22(23-12-34-29(39)28(23)24)25-13-33-27-11-19(30)7-8-38(25)27/h3-8,11,13,20-21H,1,9-10,12,14-17H2,2H3,(H,32,35)(H,34,39)/b6-3-/t21-/m1/s1. The number of nitrogens with one attached hydrogen (secondary N) is 2. The molecule has 2 saturated heterocycles. The lowest BCUT2D eigenvalue weighted by atomic mass is 9.99. The zero-order valence-corrected chi connectivity index (χ0v) is 22.2. The number of morpholine rings is 1. The number of rotatable bonds is 7.